The number of ether oxygens (including phenoxy) is 1. The second kappa shape index (κ2) is 12.2. The Kier molecular flexibility index (Phi) is 9.72. The van der Waals surface area contributed by atoms with Crippen molar-refractivity contribution in [2.45, 2.75) is 39.3 Å². The predicted octanol–water partition coefficient (Wildman–Crippen LogP) is 2.79. The van der Waals surface area contributed by atoms with Crippen molar-refractivity contribution in [2.75, 3.05) is 30.8 Å². The zero-order chi connectivity index (χ0) is 24.4. The first-order valence-corrected chi connectivity index (χ1v) is 12.8. The summed E-state index contributed by atoms with van der Waals surface area (Å²) in [7, 11) is -2.01. The van der Waals surface area contributed by atoms with Gasteiger partial charge < -0.3 is 15.0 Å². The van der Waals surface area contributed by atoms with E-state index in [9.17, 15) is 18.0 Å². The van der Waals surface area contributed by atoms with Crippen molar-refractivity contribution in [3.63, 3.8) is 0 Å². The maximum Gasteiger partial charge on any atom is 0.242 e. The quantitative estimate of drug-likeness (QED) is 0.509. The molecule has 9 heteroatoms. The summed E-state index contributed by atoms with van der Waals surface area (Å²) in [6.07, 6.45) is 1.56. The number of amides is 2. The number of benzene rings is 2. The summed E-state index contributed by atoms with van der Waals surface area (Å²) in [5, 5.41) is 2.58. The second-order valence-electron chi connectivity index (χ2n) is 7.66. The zero-order valence-electron chi connectivity index (χ0n) is 19.7. The summed E-state index contributed by atoms with van der Waals surface area (Å²) >= 11 is 0. The summed E-state index contributed by atoms with van der Waals surface area (Å²) in [6.45, 7) is 4.52. The van der Waals surface area contributed by atoms with Crippen LogP contribution < -0.4 is 14.4 Å². The number of anilines is 1. The number of carbonyl (C=O) groups excluding carboxylic acids is 2. The van der Waals surface area contributed by atoms with Gasteiger partial charge in [0.1, 0.15) is 11.8 Å². The minimum atomic E-state index is -3.54. The maximum atomic E-state index is 13.1. The van der Waals surface area contributed by atoms with E-state index in [1.165, 1.54) is 16.3 Å². The monoisotopic (exact) mass is 475 g/mol. The van der Waals surface area contributed by atoms with Crippen molar-refractivity contribution >= 4 is 27.5 Å². The number of hydrogen-bond donors (Lipinski definition) is 1. The number of nitrogens with one attached hydrogen (secondary N) is 1. The van der Waals surface area contributed by atoms with E-state index < -0.39 is 16.1 Å². The van der Waals surface area contributed by atoms with Crippen molar-refractivity contribution in [1.82, 2.24) is 10.2 Å². The molecule has 0 aliphatic rings. The molecule has 2 aromatic carbocycles. The molecule has 2 amide bonds. The van der Waals surface area contributed by atoms with E-state index in [1.807, 2.05) is 37.3 Å². The standard InChI is InChI=1S/C24H33N3O5S/c1-5-32-22-15-13-21(14-16-22)27(33(4,30)31)17-9-12-23(28)26(19(2)24(29)25-3)18-20-10-7-6-8-11-20/h6-8,10-11,13-16,19H,5,9,12,17-18H2,1-4H3,(H,25,29)/t19-/m1/s1. The fourth-order valence-electron chi connectivity index (χ4n) is 3.45. The highest BCUT2D eigenvalue weighted by Gasteiger charge is 2.26. The summed E-state index contributed by atoms with van der Waals surface area (Å²) < 4.78 is 31.4. The molecule has 0 aliphatic carbocycles. The van der Waals surface area contributed by atoms with Crippen LogP contribution in [0.25, 0.3) is 0 Å². The van der Waals surface area contributed by atoms with Gasteiger partial charge in [0.2, 0.25) is 21.8 Å². The number of hydrogen-bond acceptors (Lipinski definition) is 5. The van der Waals surface area contributed by atoms with E-state index in [4.69, 9.17) is 4.74 Å². The molecule has 0 spiro atoms. The number of nitrogens with zero attached hydrogens (tertiary/aromatic N) is 2. The van der Waals surface area contributed by atoms with E-state index in [-0.39, 0.29) is 24.8 Å². The van der Waals surface area contributed by atoms with Gasteiger partial charge >= 0.3 is 0 Å². The topological polar surface area (TPSA) is 96.0 Å². The molecule has 0 radical (unpaired) electrons. The highest BCUT2D eigenvalue weighted by atomic mass is 32.2. The summed E-state index contributed by atoms with van der Waals surface area (Å²) in [5.74, 6) is 0.186. The van der Waals surface area contributed by atoms with Crippen LogP contribution in [0.1, 0.15) is 32.3 Å². The Bertz CT molecular complexity index is 1010. The van der Waals surface area contributed by atoms with E-state index in [2.05, 4.69) is 5.32 Å². The lowest BCUT2D eigenvalue weighted by Gasteiger charge is -2.29. The van der Waals surface area contributed by atoms with Crippen LogP contribution in [0.4, 0.5) is 5.69 Å². The molecule has 33 heavy (non-hydrogen) atoms. The number of sulfonamides is 1. The Hall–Kier alpha value is -3.07. The highest BCUT2D eigenvalue weighted by Crippen LogP contribution is 2.22. The largest absolute Gasteiger partial charge is 0.494 e. The van der Waals surface area contributed by atoms with Crippen LogP contribution in [0.2, 0.25) is 0 Å². The van der Waals surface area contributed by atoms with Gasteiger partial charge in [0.25, 0.3) is 0 Å². The number of rotatable bonds is 12. The zero-order valence-corrected chi connectivity index (χ0v) is 20.5. The van der Waals surface area contributed by atoms with Gasteiger partial charge in [-0.1, -0.05) is 30.3 Å². The fraction of sp³-hybridized carbons (Fsp3) is 0.417. The molecular formula is C24H33N3O5S. The molecule has 180 valence electrons. The predicted molar refractivity (Wildman–Crippen MR) is 130 cm³/mol. The molecule has 0 fully saturated rings. The van der Waals surface area contributed by atoms with Crippen molar-refractivity contribution < 1.29 is 22.7 Å². The van der Waals surface area contributed by atoms with Gasteiger partial charge in [-0.25, -0.2) is 8.42 Å². The minimum Gasteiger partial charge on any atom is -0.494 e. The molecule has 0 bridgehead atoms. The van der Waals surface area contributed by atoms with Gasteiger partial charge in [-0.15, -0.1) is 0 Å². The third-order valence-electron chi connectivity index (χ3n) is 5.20. The SMILES string of the molecule is CCOc1ccc(N(CCCC(=O)N(Cc2ccccc2)[C@H](C)C(=O)NC)S(C)(=O)=O)cc1. The molecular weight excluding hydrogens is 442 g/mol. The lowest BCUT2D eigenvalue weighted by Crippen LogP contribution is -2.46. The van der Waals surface area contributed by atoms with Gasteiger partial charge in [-0.3, -0.25) is 13.9 Å². The van der Waals surface area contributed by atoms with E-state index >= 15 is 0 Å². The first-order valence-electron chi connectivity index (χ1n) is 10.9. The molecule has 0 heterocycles. The molecule has 0 saturated heterocycles. The van der Waals surface area contributed by atoms with E-state index in [0.29, 0.717) is 31.0 Å². The van der Waals surface area contributed by atoms with Crippen LogP contribution in [0, 0.1) is 0 Å². The number of likely N-dealkylation sites (N-methyl/N-ethyl adjacent to an activating group) is 1. The van der Waals surface area contributed by atoms with Crippen molar-refractivity contribution in [3.05, 3.63) is 60.2 Å². The van der Waals surface area contributed by atoms with E-state index in [1.54, 1.807) is 31.2 Å². The molecule has 2 rings (SSSR count). The first kappa shape index (κ1) is 26.2. The third kappa shape index (κ3) is 7.78. The average molecular weight is 476 g/mol. The number of carbonyl (C=O) groups is 2. The van der Waals surface area contributed by atoms with Crippen molar-refractivity contribution in [1.29, 1.82) is 0 Å². The Morgan fingerprint density at radius 2 is 1.70 bits per heavy atom. The van der Waals surface area contributed by atoms with Gasteiger partial charge in [0.15, 0.2) is 0 Å². The summed E-state index contributed by atoms with van der Waals surface area (Å²) in [5.41, 5.74) is 1.42. The lowest BCUT2D eigenvalue weighted by molar-refractivity contribution is -0.140. The molecule has 0 saturated carbocycles. The smallest absolute Gasteiger partial charge is 0.242 e. The Balaban J connectivity index is 2.10. The maximum absolute atomic E-state index is 13.1. The van der Waals surface area contributed by atoms with Crippen LogP contribution >= 0.6 is 0 Å². The molecule has 1 atom stereocenters. The Labute approximate surface area is 196 Å². The van der Waals surface area contributed by atoms with Gasteiger partial charge in [-0.2, -0.15) is 0 Å². The first-order chi connectivity index (χ1) is 15.7. The van der Waals surface area contributed by atoms with Crippen LogP contribution in [-0.4, -0.2) is 57.6 Å². The van der Waals surface area contributed by atoms with Crippen LogP contribution in [0.5, 0.6) is 5.75 Å². The minimum absolute atomic E-state index is 0.108. The van der Waals surface area contributed by atoms with Gasteiger partial charge in [0, 0.05) is 26.6 Å². The second-order valence-corrected chi connectivity index (χ2v) is 9.57. The highest BCUT2D eigenvalue weighted by molar-refractivity contribution is 7.92. The molecule has 0 aromatic heterocycles. The van der Waals surface area contributed by atoms with Crippen LogP contribution in [-0.2, 0) is 26.2 Å². The fourth-order valence-corrected chi connectivity index (χ4v) is 4.42. The average Bonchev–Trinajstić information content (AvgIpc) is 2.80. The Morgan fingerprint density at radius 3 is 2.24 bits per heavy atom. The molecule has 2 aromatic rings. The summed E-state index contributed by atoms with van der Waals surface area (Å²) in [6, 6.07) is 15.6. The van der Waals surface area contributed by atoms with E-state index in [0.717, 1.165) is 11.8 Å². The molecule has 1 N–H and O–H groups in total. The van der Waals surface area contributed by atoms with Crippen molar-refractivity contribution in [3.8, 4) is 5.75 Å². The summed E-state index contributed by atoms with van der Waals surface area (Å²) in [4.78, 5) is 26.8. The van der Waals surface area contributed by atoms with Crippen LogP contribution in [0.15, 0.2) is 54.6 Å². The lowest BCUT2D eigenvalue weighted by atomic mass is 10.1. The van der Waals surface area contributed by atoms with Crippen LogP contribution in [0.3, 0.4) is 0 Å². The molecule has 8 nitrogen and oxygen atoms in total. The molecule has 0 aliphatic heterocycles. The normalized spacial score (nSPS) is 12.0. The van der Waals surface area contributed by atoms with Gasteiger partial charge in [0.05, 0.1) is 18.6 Å². The molecule has 0 unspecified atom stereocenters. The van der Waals surface area contributed by atoms with Crippen molar-refractivity contribution in [2.24, 2.45) is 0 Å². The third-order valence-corrected chi connectivity index (χ3v) is 6.39. The van der Waals surface area contributed by atoms with Gasteiger partial charge in [-0.05, 0) is 50.1 Å². The Morgan fingerprint density at radius 1 is 1.06 bits per heavy atom.